The molecule has 0 aromatic carbocycles. The topological polar surface area (TPSA) is 433 Å². The van der Waals surface area contributed by atoms with E-state index in [0.29, 0.717) is 51.4 Å². The Morgan fingerprint density at radius 1 is 0.523 bits per heavy atom. The van der Waals surface area contributed by atoms with E-state index in [1.165, 1.54) is 5.57 Å². The molecule has 0 aromatic heterocycles. The quantitative estimate of drug-likeness (QED) is 0.0454. The first-order valence-electron chi connectivity index (χ1n) is 30.7. The summed E-state index contributed by atoms with van der Waals surface area (Å²) in [6.07, 6.45) is -31.3. The predicted octanol–water partition coefficient (Wildman–Crippen LogP) is -3.57. The van der Waals surface area contributed by atoms with E-state index in [4.69, 9.17) is 47.4 Å². The second-order valence-corrected chi connectivity index (χ2v) is 28.7. The van der Waals surface area contributed by atoms with Crippen LogP contribution in [0.25, 0.3) is 0 Å². The summed E-state index contributed by atoms with van der Waals surface area (Å²) in [5, 5.41) is 171. The fourth-order valence-corrected chi connectivity index (χ4v) is 17.5. The van der Waals surface area contributed by atoms with Crippen molar-refractivity contribution in [2.75, 3.05) is 33.0 Å². The Morgan fingerprint density at radius 3 is 1.67 bits per heavy atom. The second-order valence-electron chi connectivity index (χ2n) is 28.7. The summed E-state index contributed by atoms with van der Waals surface area (Å²) in [4.78, 5) is 15.2. The molecule has 0 bridgehead atoms. The first kappa shape index (κ1) is 67.1. The van der Waals surface area contributed by atoms with Crippen molar-refractivity contribution in [1.82, 2.24) is 0 Å². The molecule has 0 spiro atoms. The Kier molecular flexibility index (Phi) is 19.4. The van der Waals surface area contributed by atoms with Gasteiger partial charge in [-0.1, -0.05) is 60.1 Å². The molecule has 0 amide bonds. The molecule has 5 heterocycles. The van der Waals surface area contributed by atoms with Crippen molar-refractivity contribution in [3.8, 4) is 0 Å². The zero-order valence-corrected chi connectivity index (χ0v) is 50.0. The molecule has 9 fully saturated rings. The number of carbonyl (C=O) groups excluding carboxylic acids is 1. The molecule has 5 aliphatic carbocycles. The number of ether oxygens (including phenoxy) is 10. The first-order chi connectivity index (χ1) is 40.3. The molecular weight excluding hydrogens is 1140 g/mol. The molecule has 0 unspecified atom stereocenters. The highest BCUT2D eigenvalue weighted by Crippen LogP contribution is 2.76. The van der Waals surface area contributed by atoms with Crippen molar-refractivity contribution in [3.63, 3.8) is 0 Å². The van der Waals surface area contributed by atoms with Crippen LogP contribution >= 0.6 is 0 Å². The van der Waals surface area contributed by atoms with Gasteiger partial charge in [0.05, 0.1) is 44.6 Å². The van der Waals surface area contributed by atoms with Gasteiger partial charge in [0.25, 0.3) is 0 Å². The molecule has 10 aliphatic rings. The van der Waals surface area contributed by atoms with Gasteiger partial charge < -0.3 is 129 Å². The molecule has 10 rings (SSSR count). The van der Waals surface area contributed by atoms with Crippen LogP contribution in [-0.4, -0.2) is 274 Å². The number of carbonyl (C=O) groups is 1. The summed E-state index contributed by atoms with van der Waals surface area (Å²) in [6, 6.07) is 0. The number of hydrogen-bond acceptors (Lipinski definition) is 27. The Bertz CT molecular complexity index is 2380. The van der Waals surface area contributed by atoms with E-state index in [-0.39, 0.29) is 40.6 Å². The van der Waals surface area contributed by atoms with Crippen LogP contribution in [0.2, 0.25) is 0 Å². The van der Waals surface area contributed by atoms with Crippen molar-refractivity contribution in [2.45, 2.75) is 266 Å². The molecule has 4 saturated carbocycles. The van der Waals surface area contributed by atoms with Gasteiger partial charge in [-0.25, -0.2) is 0 Å². The number of rotatable bonds is 14. The Balaban J connectivity index is 0.871. The summed E-state index contributed by atoms with van der Waals surface area (Å²) >= 11 is 0. The van der Waals surface area contributed by atoms with Crippen molar-refractivity contribution < 1.29 is 134 Å². The van der Waals surface area contributed by atoms with Gasteiger partial charge in [-0.3, -0.25) is 4.79 Å². The van der Waals surface area contributed by atoms with Crippen LogP contribution < -0.4 is 0 Å². The van der Waals surface area contributed by atoms with Crippen LogP contribution in [0.5, 0.6) is 0 Å². The summed E-state index contributed by atoms with van der Waals surface area (Å²) in [6.45, 7) is 12.8. The van der Waals surface area contributed by atoms with E-state index in [0.717, 1.165) is 12.8 Å². The molecule has 5 aliphatic heterocycles. The summed E-state index contributed by atoms with van der Waals surface area (Å²) in [5.41, 5.74) is -1.61. The molecule has 32 atom stereocenters. The third kappa shape index (κ3) is 11.4. The molecule has 27 heteroatoms. The minimum absolute atomic E-state index is 0.0358. The molecule has 27 nitrogen and oxygen atoms in total. The molecule has 0 aromatic rings. The van der Waals surface area contributed by atoms with Gasteiger partial charge in [-0.15, -0.1) is 0 Å². The van der Waals surface area contributed by atoms with Crippen LogP contribution in [0.3, 0.4) is 0 Å². The van der Waals surface area contributed by atoms with Crippen molar-refractivity contribution >= 4 is 5.97 Å². The van der Waals surface area contributed by atoms with Gasteiger partial charge in [0.2, 0.25) is 6.29 Å². The predicted molar refractivity (Wildman–Crippen MR) is 289 cm³/mol. The number of esters is 1. The fraction of sp³-hybridized carbons (Fsp3) is 0.949. The molecule has 5 saturated heterocycles. The lowest BCUT2D eigenvalue weighted by molar-refractivity contribution is -0.381. The van der Waals surface area contributed by atoms with E-state index < -0.39 is 202 Å². The normalized spacial score (nSPS) is 53.6. The highest BCUT2D eigenvalue weighted by Gasteiger charge is 2.70. The van der Waals surface area contributed by atoms with Gasteiger partial charge in [0, 0.05) is 0 Å². The van der Waals surface area contributed by atoms with Crippen molar-refractivity contribution in [3.05, 3.63) is 11.6 Å². The van der Waals surface area contributed by atoms with E-state index in [9.17, 15) is 81.7 Å². The van der Waals surface area contributed by atoms with Crippen LogP contribution in [0.15, 0.2) is 11.6 Å². The average Bonchev–Trinajstić information content (AvgIpc) is 0.683. The molecule has 86 heavy (non-hydrogen) atoms. The average molecular weight is 1240 g/mol. The van der Waals surface area contributed by atoms with Gasteiger partial charge in [0.1, 0.15) is 116 Å². The highest BCUT2D eigenvalue weighted by atomic mass is 16.8. The van der Waals surface area contributed by atoms with E-state index >= 15 is 4.79 Å². The van der Waals surface area contributed by atoms with Crippen LogP contribution in [-0.2, 0) is 52.2 Å². The Hall–Kier alpha value is -1.79. The maximum atomic E-state index is 15.2. The van der Waals surface area contributed by atoms with Crippen LogP contribution in [0, 0.1) is 50.2 Å². The number of allylic oxidation sites excluding steroid dienone is 2. The number of hydrogen-bond donors (Lipinski definition) is 16. The summed E-state index contributed by atoms with van der Waals surface area (Å²) in [7, 11) is 0. The molecule has 0 radical (unpaired) electrons. The zero-order chi connectivity index (χ0) is 62.7. The van der Waals surface area contributed by atoms with Gasteiger partial charge >= 0.3 is 5.97 Å². The van der Waals surface area contributed by atoms with Gasteiger partial charge in [0.15, 0.2) is 25.2 Å². The molecular formula is C59H96O27. The zero-order valence-electron chi connectivity index (χ0n) is 50.0. The lowest BCUT2D eigenvalue weighted by Crippen LogP contribution is -2.67. The fourth-order valence-electron chi connectivity index (χ4n) is 17.5. The van der Waals surface area contributed by atoms with E-state index in [2.05, 4.69) is 54.5 Å². The minimum atomic E-state index is -1.88. The Morgan fingerprint density at radius 2 is 1.05 bits per heavy atom. The molecule has 16 N–H and O–H groups in total. The standard InChI is InChI=1S/C59H96O27/c1-54(2)14-16-59(53(76)86-51-46(75)41(70)37(66)29(82-51)23-79-49-44(73)39(68)35(64)27(19-60)80-49)17-15-57(6)24(25(59)18-54)8-9-32-56(5)12-11-33(55(3,4)31(56)10-13-58(32,57)7)84-52-47(85-50-45(74)40(69)36(65)28(20-61)81-50)42(71)38(67)30(83-52)22-78-48-43(72)34(63)26(62)21-77-48/h8,25-52,60-75H,9-23H2,1-7H3/t25-,26+,27-,28-,29-,30-,31+,32-,33+,34+,35-,36-,37-,38-,39+,40+,41+,42+,43-,44-,45-,46-,47-,48+,49-,50+,51+,52+,56+,57-,58-,59+/m1/s1. The second kappa shape index (κ2) is 24.9. The highest BCUT2D eigenvalue weighted by molar-refractivity contribution is 5.79. The minimum Gasteiger partial charge on any atom is -0.432 e. The van der Waals surface area contributed by atoms with Crippen molar-refractivity contribution in [2.24, 2.45) is 50.2 Å². The lowest BCUT2D eigenvalue weighted by atomic mass is 9.33. The van der Waals surface area contributed by atoms with Crippen LogP contribution in [0.4, 0.5) is 0 Å². The first-order valence-corrected chi connectivity index (χ1v) is 30.7. The third-order valence-corrected chi connectivity index (χ3v) is 23.1. The molecule has 494 valence electrons. The summed E-state index contributed by atoms with van der Waals surface area (Å²) in [5.74, 6) is -0.706. The smallest absolute Gasteiger partial charge is 0.315 e. The number of aliphatic hydroxyl groups excluding tert-OH is 16. The number of fused-ring (bicyclic) bond motifs is 7. The SMILES string of the molecule is CC1(C)CC[C@]2(C(=O)O[C@@H]3O[C@H](CO[C@@H]4O[C@H](CO)[C@@H](O)[C@H](O)[C@H]4O)[C@@H](O)[C@H](O)[C@H]3O)CC[C@]3(C)C(=CC[C@@H]4[C@@]5(C)CC[C@H](O[C@@H]6O[C@H](CO[C@@H]7OC[C@H](O)[C@H](O)[C@H]7O)[C@@H](O)[C@H](O)[C@H]6O[C@@H]6O[C@H](CO)[C@@H](O)[C@H](O)[C@H]6O)C(C)(C)[C@@H]5CC[C@]43C)[C@H]2C1. The van der Waals surface area contributed by atoms with Crippen molar-refractivity contribution in [1.29, 1.82) is 0 Å². The monoisotopic (exact) mass is 1240 g/mol. The van der Waals surface area contributed by atoms with E-state index in [1.54, 1.807) is 0 Å². The largest absolute Gasteiger partial charge is 0.432 e. The third-order valence-electron chi connectivity index (χ3n) is 23.1. The van der Waals surface area contributed by atoms with Crippen LogP contribution in [0.1, 0.15) is 113 Å². The van der Waals surface area contributed by atoms with Gasteiger partial charge in [-0.05, 0) is 109 Å². The van der Waals surface area contributed by atoms with E-state index in [1.807, 2.05) is 0 Å². The number of aliphatic hydroxyl groups is 16. The summed E-state index contributed by atoms with van der Waals surface area (Å²) < 4.78 is 59.6. The maximum absolute atomic E-state index is 15.2. The Labute approximate surface area is 499 Å². The lowest BCUT2D eigenvalue weighted by Gasteiger charge is -2.71. The maximum Gasteiger partial charge on any atom is 0.315 e. The van der Waals surface area contributed by atoms with Gasteiger partial charge in [-0.2, -0.15) is 0 Å².